The molecule has 5 nitrogen and oxygen atoms in total. The molecule has 2 aromatic rings. The Morgan fingerprint density at radius 2 is 1.70 bits per heavy atom. The highest BCUT2D eigenvalue weighted by Crippen LogP contribution is 2.14. The van der Waals surface area contributed by atoms with E-state index in [2.05, 4.69) is 16.7 Å². The summed E-state index contributed by atoms with van der Waals surface area (Å²) in [5.41, 5.74) is 1.95. The van der Waals surface area contributed by atoms with Crippen LogP contribution in [0.3, 0.4) is 0 Å². The maximum Gasteiger partial charge on any atom is 0.251 e. The minimum absolute atomic E-state index is 0.226. The number of anilines is 1. The molecule has 0 bridgehead atoms. The molecular weight excluding hydrogens is 362 g/mol. The van der Waals surface area contributed by atoms with Crippen molar-refractivity contribution in [3.63, 3.8) is 0 Å². The Labute approximate surface area is 164 Å². The van der Waals surface area contributed by atoms with Crippen molar-refractivity contribution in [1.29, 1.82) is 5.26 Å². The number of benzene rings is 2. The Balaban J connectivity index is 2.07. The molecule has 0 saturated carbocycles. The zero-order chi connectivity index (χ0) is 19.8. The second kappa shape index (κ2) is 9.75. The van der Waals surface area contributed by atoms with Gasteiger partial charge in [-0.1, -0.05) is 37.6 Å². The Morgan fingerprint density at radius 3 is 2.26 bits per heavy atom. The second-order valence-electron chi connectivity index (χ2n) is 6.68. The van der Waals surface area contributed by atoms with Crippen LogP contribution in [-0.2, 0) is 11.2 Å². The molecule has 0 radical (unpaired) electrons. The van der Waals surface area contributed by atoms with Crippen molar-refractivity contribution in [3.8, 4) is 6.07 Å². The summed E-state index contributed by atoms with van der Waals surface area (Å²) in [6.07, 6.45) is 0.832. The summed E-state index contributed by atoms with van der Waals surface area (Å²) >= 11 is 5.85. The number of carbonyl (C=O) groups excluding carboxylic acids is 2. The molecule has 1 unspecified atom stereocenters. The second-order valence-corrected chi connectivity index (χ2v) is 7.12. The quantitative estimate of drug-likeness (QED) is 0.752. The van der Waals surface area contributed by atoms with Crippen molar-refractivity contribution in [3.05, 3.63) is 64.7 Å². The summed E-state index contributed by atoms with van der Waals surface area (Å²) in [7, 11) is 0. The summed E-state index contributed by atoms with van der Waals surface area (Å²) in [5.74, 6) is -0.375. The lowest BCUT2D eigenvalue weighted by molar-refractivity contribution is -0.118. The van der Waals surface area contributed by atoms with Crippen LogP contribution >= 0.6 is 11.6 Å². The molecule has 6 heteroatoms. The van der Waals surface area contributed by atoms with Gasteiger partial charge in [-0.05, 0) is 54.3 Å². The van der Waals surface area contributed by atoms with E-state index in [1.165, 1.54) is 0 Å². The number of hydrogen-bond donors (Lipinski definition) is 2. The minimum Gasteiger partial charge on any atom is -0.340 e. The molecular formula is C21H22ClN3O2. The first-order valence-corrected chi connectivity index (χ1v) is 9.10. The average molecular weight is 384 g/mol. The largest absolute Gasteiger partial charge is 0.340 e. The molecule has 0 saturated heterocycles. The van der Waals surface area contributed by atoms with Gasteiger partial charge >= 0.3 is 0 Å². The third-order valence-electron chi connectivity index (χ3n) is 3.94. The zero-order valence-electron chi connectivity index (χ0n) is 15.3. The summed E-state index contributed by atoms with van der Waals surface area (Å²) in [5, 5.41) is 14.9. The average Bonchev–Trinajstić information content (AvgIpc) is 2.63. The number of carbonyl (C=O) groups is 2. The third-order valence-corrected chi connectivity index (χ3v) is 4.19. The molecule has 0 aliphatic carbocycles. The minimum atomic E-state index is -0.660. The van der Waals surface area contributed by atoms with Gasteiger partial charge in [0.2, 0.25) is 5.91 Å². The molecule has 0 aliphatic heterocycles. The standard InChI is InChI=1S/C21H22ClN3O2/c1-14(2)13-19(25-20(26)16-5-7-17(22)8-6-16)21(27)24-18-9-3-15(4-10-18)11-12-23/h3-10,14,19H,11,13H2,1-2H3,(H,24,27)(H,25,26). The van der Waals surface area contributed by atoms with Gasteiger partial charge in [0.25, 0.3) is 5.91 Å². The molecule has 1 atom stereocenters. The van der Waals surface area contributed by atoms with Crippen LogP contribution in [0.1, 0.15) is 36.2 Å². The highest BCUT2D eigenvalue weighted by atomic mass is 35.5. The van der Waals surface area contributed by atoms with Crippen LogP contribution < -0.4 is 10.6 Å². The van der Waals surface area contributed by atoms with E-state index in [4.69, 9.17) is 16.9 Å². The first-order valence-electron chi connectivity index (χ1n) is 8.72. The SMILES string of the molecule is CC(C)CC(NC(=O)c1ccc(Cl)cc1)C(=O)Nc1ccc(CC#N)cc1. The van der Waals surface area contributed by atoms with Gasteiger partial charge in [0, 0.05) is 16.3 Å². The Morgan fingerprint density at radius 1 is 1.07 bits per heavy atom. The van der Waals surface area contributed by atoms with Gasteiger partial charge in [-0.25, -0.2) is 0 Å². The van der Waals surface area contributed by atoms with Crippen molar-refractivity contribution in [2.24, 2.45) is 5.92 Å². The molecule has 0 fully saturated rings. The van der Waals surface area contributed by atoms with Crippen molar-refractivity contribution < 1.29 is 9.59 Å². The topological polar surface area (TPSA) is 82.0 Å². The fourth-order valence-electron chi connectivity index (χ4n) is 2.57. The van der Waals surface area contributed by atoms with E-state index in [0.717, 1.165) is 5.56 Å². The van der Waals surface area contributed by atoms with E-state index in [9.17, 15) is 9.59 Å². The predicted octanol–water partition coefficient (Wildman–Crippen LogP) is 4.19. The molecule has 2 amide bonds. The molecule has 0 heterocycles. The van der Waals surface area contributed by atoms with E-state index in [-0.39, 0.29) is 17.7 Å². The first-order chi connectivity index (χ1) is 12.9. The zero-order valence-corrected chi connectivity index (χ0v) is 16.1. The third kappa shape index (κ3) is 6.43. The molecule has 0 aliphatic rings. The lowest BCUT2D eigenvalue weighted by Gasteiger charge is -2.20. The Kier molecular flexibility index (Phi) is 7.39. The number of nitrogens with zero attached hydrogens (tertiary/aromatic N) is 1. The predicted molar refractivity (Wildman–Crippen MR) is 107 cm³/mol. The van der Waals surface area contributed by atoms with Crippen LogP contribution in [0, 0.1) is 17.2 Å². The number of halogens is 1. The van der Waals surface area contributed by atoms with Crippen LogP contribution in [0.15, 0.2) is 48.5 Å². The van der Waals surface area contributed by atoms with Gasteiger partial charge in [0.05, 0.1) is 12.5 Å². The van der Waals surface area contributed by atoms with E-state index in [1.807, 2.05) is 13.8 Å². The van der Waals surface area contributed by atoms with Gasteiger partial charge in [0.1, 0.15) is 6.04 Å². The maximum atomic E-state index is 12.7. The molecule has 140 valence electrons. The normalized spacial score (nSPS) is 11.5. The summed E-state index contributed by atoms with van der Waals surface area (Å²) in [6, 6.07) is 15.0. The van der Waals surface area contributed by atoms with E-state index >= 15 is 0 Å². The van der Waals surface area contributed by atoms with Gasteiger partial charge < -0.3 is 10.6 Å². The van der Waals surface area contributed by atoms with Crippen molar-refractivity contribution in [1.82, 2.24) is 5.32 Å². The molecule has 2 aromatic carbocycles. The molecule has 27 heavy (non-hydrogen) atoms. The van der Waals surface area contributed by atoms with E-state index in [1.54, 1.807) is 48.5 Å². The molecule has 2 rings (SSSR count). The number of nitriles is 1. The highest BCUT2D eigenvalue weighted by Gasteiger charge is 2.22. The highest BCUT2D eigenvalue weighted by molar-refractivity contribution is 6.30. The van der Waals surface area contributed by atoms with Crippen LogP contribution in [0.2, 0.25) is 5.02 Å². The monoisotopic (exact) mass is 383 g/mol. The summed E-state index contributed by atoms with van der Waals surface area (Å²) < 4.78 is 0. The van der Waals surface area contributed by atoms with Crippen molar-refractivity contribution >= 4 is 29.1 Å². The molecule has 0 aromatic heterocycles. The number of amides is 2. The number of hydrogen-bond acceptors (Lipinski definition) is 3. The van der Waals surface area contributed by atoms with Crippen LogP contribution in [0.25, 0.3) is 0 Å². The summed E-state index contributed by atoms with van der Waals surface area (Å²) in [4.78, 5) is 25.1. The Hall–Kier alpha value is -2.84. The fourth-order valence-corrected chi connectivity index (χ4v) is 2.70. The van der Waals surface area contributed by atoms with E-state index in [0.29, 0.717) is 29.1 Å². The van der Waals surface area contributed by atoms with E-state index < -0.39 is 6.04 Å². The number of nitrogens with one attached hydrogen (secondary N) is 2. The first kappa shape index (κ1) is 20.5. The Bertz CT molecular complexity index is 824. The number of rotatable bonds is 7. The van der Waals surface area contributed by atoms with Gasteiger partial charge in [0.15, 0.2) is 0 Å². The van der Waals surface area contributed by atoms with Gasteiger partial charge in [-0.2, -0.15) is 5.26 Å². The van der Waals surface area contributed by atoms with Crippen LogP contribution in [0.5, 0.6) is 0 Å². The fraction of sp³-hybridized carbons (Fsp3) is 0.286. The smallest absolute Gasteiger partial charge is 0.251 e. The van der Waals surface area contributed by atoms with Gasteiger partial charge in [-0.15, -0.1) is 0 Å². The van der Waals surface area contributed by atoms with Crippen molar-refractivity contribution in [2.75, 3.05) is 5.32 Å². The van der Waals surface area contributed by atoms with Crippen LogP contribution in [0.4, 0.5) is 5.69 Å². The lowest BCUT2D eigenvalue weighted by atomic mass is 10.0. The van der Waals surface area contributed by atoms with Crippen molar-refractivity contribution in [2.45, 2.75) is 32.7 Å². The lowest BCUT2D eigenvalue weighted by Crippen LogP contribution is -2.44. The molecule has 2 N–H and O–H groups in total. The van der Waals surface area contributed by atoms with Gasteiger partial charge in [-0.3, -0.25) is 9.59 Å². The summed E-state index contributed by atoms with van der Waals surface area (Å²) in [6.45, 7) is 3.98. The molecule has 0 spiro atoms. The maximum absolute atomic E-state index is 12.7. The van der Waals surface area contributed by atoms with Crippen LogP contribution in [-0.4, -0.2) is 17.9 Å².